The van der Waals surface area contributed by atoms with E-state index in [1.807, 2.05) is 37.4 Å². The number of carbonyl (C=O) groups is 1. The number of rotatable bonds is 6. The second-order valence-corrected chi connectivity index (χ2v) is 5.47. The van der Waals surface area contributed by atoms with Crippen molar-refractivity contribution in [3.05, 3.63) is 47.3 Å². The van der Waals surface area contributed by atoms with Gasteiger partial charge in [0.1, 0.15) is 11.4 Å². The number of benzene rings is 1. The predicted octanol–water partition coefficient (Wildman–Crippen LogP) is 2.49. The van der Waals surface area contributed by atoms with Crippen molar-refractivity contribution in [1.82, 2.24) is 15.3 Å². The standard InChI is InChI=1S/C16H19N3O2S/c1-11-10-13(19-16(18-11)22-3)15(20)17-9-8-12-6-4-5-7-14(12)21-2/h4-7,10H,8-9H2,1-3H3,(H,17,20). The Hall–Kier alpha value is -2.08. The first-order chi connectivity index (χ1) is 10.6. The minimum Gasteiger partial charge on any atom is -0.496 e. The Labute approximate surface area is 134 Å². The summed E-state index contributed by atoms with van der Waals surface area (Å²) in [5, 5.41) is 3.49. The van der Waals surface area contributed by atoms with Gasteiger partial charge in [0.05, 0.1) is 7.11 Å². The van der Waals surface area contributed by atoms with Gasteiger partial charge in [-0.15, -0.1) is 0 Å². The van der Waals surface area contributed by atoms with E-state index in [4.69, 9.17) is 4.74 Å². The maximum absolute atomic E-state index is 12.2. The van der Waals surface area contributed by atoms with Crippen LogP contribution in [0.15, 0.2) is 35.5 Å². The number of thioether (sulfide) groups is 1. The quantitative estimate of drug-likeness (QED) is 0.655. The van der Waals surface area contributed by atoms with Crippen LogP contribution < -0.4 is 10.1 Å². The fraction of sp³-hybridized carbons (Fsp3) is 0.312. The monoisotopic (exact) mass is 317 g/mol. The van der Waals surface area contributed by atoms with Crippen LogP contribution in [0.5, 0.6) is 5.75 Å². The van der Waals surface area contributed by atoms with E-state index in [1.165, 1.54) is 11.8 Å². The lowest BCUT2D eigenvalue weighted by Crippen LogP contribution is -2.27. The SMILES string of the molecule is COc1ccccc1CCNC(=O)c1cc(C)nc(SC)n1. The molecule has 0 radical (unpaired) electrons. The summed E-state index contributed by atoms with van der Waals surface area (Å²) in [6.45, 7) is 2.38. The molecular weight excluding hydrogens is 298 g/mol. The van der Waals surface area contributed by atoms with E-state index in [9.17, 15) is 4.79 Å². The van der Waals surface area contributed by atoms with E-state index < -0.39 is 0 Å². The summed E-state index contributed by atoms with van der Waals surface area (Å²) in [6, 6.07) is 9.48. The molecule has 1 N–H and O–H groups in total. The number of para-hydroxylation sites is 1. The average molecular weight is 317 g/mol. The molecule has 0 aliphatic rings. The summed E-state index contributed by atoms with van der Waals surface area (Å²) >= 11 is 1.42. The molecular formula is C16H19N3O2S. The molecule has 0 aliphatic heterocycles. The molecule has 0 saturated heterocycles. The highest BCUT2D eigenvalue weighted by molar-refractivity contribution is 7.98. The van der Waals surface area contributed by atoms with Gasteiger partial charge in [0.15, 0.2) is 5.16 Å². The average Bonchev–Trinajstić information content (AvgIpc) is 2.54. The number of nitrogens with one attached hydrogen (secondary N) is 1. The van der Waals surface area contributed by atoms with Crippen molar-refractivity contribution >= 4 is 17.7 Å². The van der Waals surface area contributed by atoms with Gasteiger partial charge in [-0.3, -0.25) is 4.79 Å². The van der Waals surface area contributed by atoms with Crippen LogP contribution in [0.3, 0.4) is 0 Å². The van der Waals surface area contributed by atoms with E-state index >= 15 is 0 Å². The summed E-state index contributed by atoms with van der Waals surface area (Å²) in [7, 11) is 1.64. The molecule has 0 aliphatic carbocycles. The highest BCUT2D eigenvalue weighted by Gasteiger charge is 2.10. The molecule has 6 heteroatoms. The zero-order valence-electron chi connectivity index (χ0n) is 12.9. The first-order valence-corrected chi connectivity index (χ1v) is 8.16. The molecule has 1 aromatic carbocycles. The molecule has 1 aromatic heterocycles. The van der Waals surface area contributed by atoms with Crippen LogP contribution in [0.1, 0.15) is 21.7 Å². The summed E-state index contributed by atoms with van der Waals surface area (Å²) in [6.07, 6.45) is 2.59. The molecule has 2 aromatic rings. The Balaban J connectivity index is 1.97. The molecule has 0 saturated carbocycles. The number of hydrogen-bond donors (Lipinski definition) is 1. The molecule has 0 bridgehead atoms. The highest BCUT2D eigenvalue weighted by Crippen LogP contribution is 2.17. The first kappa shape index (κ1) is 16.3. The summed E-state index contributed by atoms with van der Waals surface area (Å²) in [5.41, 5.74) is 2.25. The van der Waals surface area contributed by atoms with Crippen LogP contribution in [-0.4, -0.2) is 35.8 Å². The molecule has 2 rings (SSSR count). The summed E-state index contributed by atoms with van der Waals surface area (Å²) < 4.78 is 5.30. The van der Waals surface area contributed by atoms with E-state index in [2.05, 4.69) is 15.3 Å². The van der Waals surface area contributed by atoms with Crippen LogP contribution in [0, 0.1) is 6.92 Å². The third kappa shape index (κ3) is 4.21. The Morgan fingerprint density at radius 1 is 1.32 bits per heavy atom. The number of carbonyl (C=O) groups excluding carboxylic acids is 1. The number of aromatic nitrogens is 2. The fourth-order valence-corrected chi connectivity index (χ4v) is 2.48. The van der Waals surface area contributed by atoms with Crippen LogP contribution in [0.2, 0.25) is 0 Å². The molecule has 116 valence electrons. The third-order valence-electron chi connectivity index (χ3n) is 3.12. The highest BCUT2D eigenvalue weighted by atomic mass is 32.2. The lowest BCUT2D eigenvalue weighted by Gasteiger charge is -2.09. The zero-order chi connectivity index (χ0) is 15.9. The van der Waals surface area contributed by atoms with Crippen LogP contribution in [-0.2, 0) is 6.42 Å². The van der Waals surface area contributed by atoms with Gasteiger partial charge in [0, 0.05) is 12.2 Å². The van der Waals surface area contributed by atoms with Gasteiger partial charge in [-0.2, -0.15) is 0 Å². The smallest absolute Gasteiger partial charge is 0.270 e. The normalized spacial score (nSPS) is 10.3. The number of ether oxygens (including phenoxy) is 1. The molecule has 1 heterocycles. The third-order valence-corrected chi connectivity index (χ3v) is 3.67. The molecule has 22 heavy (non-hydrogen) atoms. The van der Waals surface area contributed by atoms with E-state index in [1.54, 1.807) is 13.2 Å². The predicted molar refractivity (Wildman–Crippen MR) is 87.6 cm³/mol. The van der Waals surface area contributed by atoms with Gasteiger partial charge < -0.3 is 10.1 Å². The van der Waals surface area contributed by atoms with Crippen molar-refractivity contribution in [3.8, 4) is 5.75 Å². The Morgan fingerprint density at radius 2 is 2.09 bits per heavy atom. The van der Waals surface area contributed by atoms with Crippen LogP contribution >= 0.6 is 11.8 Å². The number of hydrogen-bond acceptors (Lipinski definition) is 5. The Kier molecular flexibility index (Phi) is 5.77. The van der Waals surface area contributed by atoms with Gasteiger partial charge in [0.2, 0.25) is 0 Å². The van der Waals surface area contributed by atoms with Gasteiger partial charge >= 0.3 is 0 Å². The lowest BCUT2D eigenvalue weighted by atomic mass is 10.1. The maximum Gasteiger partial charge on any atom is 0.270 e. The first-order valence-electron chi connectivity index (χ1n) is 6.94. The van der Waals surface area contributed by atoms with Crippen molar-refractivity contribution in [2.75, 3.05) is 19.9 Å². The van der Waals surface area contributed by atoms with Crippen molar-refractivity contribution in [2.24, 2.45) is 0 Å². The summed E-state index contributed by atoms with van der Waals surface area (Å²) in [4.78, 5) is 20.6. The number of nitrogens with zero attached hydrogens (tertiary/aromatic N) is 2. The topological polar surface area (TPSA) is 64.1 Å². The molecule has 0 unspecified atom stereocenters. The van der Waals surface area contributed by atoms with Gasteiger partial charge in [0.25, 0.3) is 5.91 Å². The van der Waals surface area contributed by atoms with E-state index in [0.29, 0.717) is 23.8 Å². The second kappa shape index (κ2) is 7.79. The fourth-order valence-electron chi connectivity index (χ4n) is 2.06. The Bertz CT molecular complexity index is 662. The Morgan fingerprint density at radius 3 is 2.82 bits per heavy atom. The maximum atomic E-state index is 12.2. The zero-order valence-corrected chi connectivity index (χ0v) is 13.7. The van der Waals surface area contributed by atoms with Gasteiger partial charge in [-0.05, 0) is 37.3 Å². The van der Waals surface area contributed by atoms with Gasteiger partial charge in [-0.25, -0.2) is 9.97 Å². The van der Waals surface area contributed by atoms with E-state index in [0.717, 1.165) is 17.0 Å². The van der Waals surface area contributed by atoms with E-state index in [-0.39, 0.29) is 5.91 Å². The lowest BCUT2D eigenvalue weighted by molar-refractivity contribution is 0.0948. The largest absolute Gasteiger partial charge is 0.496 e. The van der Waals surface area contributed by atoms with Crippen molar-refractivity contribution in [3.63, 3.8) is 0 Å². The number of amides is 1. The van der Waals surface area contributed by atoms with Crippen LogP contribution in [0.25, 0.3) is 0 Å². The minimum absolute atomic E-state index is 0.185. The van der Waals surface area contributed by atoms with Crippen molar-refractivity contribution < 1.29 is 9.53 Å². The molecule has 0 fully saturated rings. The van der Waals surface area contributed by atoms with Crippen LogP contribution in [0.4, 0.5) is 0 Å². The molecule has 0 atom stereocenters. The van der Waals surface area contributed by atoms with Crippen molar-refractivity contribution in [2.45, 2.75) is 18.5 Å². The molecule has 1 amide bonds. The number of aryl methyl sites for hydroxylation is 1. The molecule has 5 nitrogen and oxygen atoms in total. The molecule has 0 spiro atoms. The number of methoxy groups -OCH3 is 1. The van der Waals surface area contributed by atoms with Gasteiger partial charge in [-0.1, -0.05) is 30.0 Å². The minimum atomic E-state index is -0.185. The second-order valence-electron chi connectivity index (χ2n) is 4.70. The summed E-state index contributed by atoms with van der Waals surface area (Å²) in [5.74, 6) is 0.648. The van der Waals surface area contributed by atoms with Crippen molar-refractivity contribution in [1.29, 1.82) is 0 Å².